The van der Waals surface area contributed by atoms with Crippen molar-refractivity contribution in [1.29, 1.82) is 5.26 Å². The van der Waals surface area contributed by atoms with Crippen LogP contribution in [0.5, 0.6) is 11.5 Å². The summed E-state index contributed by atoms with van der Waals surface area (Å²) in [4.78, 5) is 17.7. The third-order valence-electron chi connectivity index (χ3n) is 3.75. The number of nitro groups is 1. The van der Waals surface area contributed by atoms with E-state index >= 15 is 0 Å². The Morgan fingerprint density at radius 3 is 2.81 bits per heavy atom. The van der Waals surface area contributed by atoms with E-state index in [1.165, 1.54) is 25.3 Å². The van der Waals surface area contributed by atoms with E-state index in [-0.39, 0.29) is 22.8 Å². The molecular formula is C18H14N4O5. The number of aromatic amines is 1. The van der Waals surface area contributed by atoms with Crippen molar-refractivity contribution in [2.75, 3.05) is 13.7 Å². The van der Waals surface area contributed by atoms with Gasteiger partial charge in [-0.05, 0) is 24.3 Å². The Morgan fingerprint density at radius 1 is 1.37 bits per heavy atom. The second-order valence-electron chi connectivity index (χ2n) is 5.42. The normalized spacial score (nSPS) is 11.6. The Hall–Kier alpha value is -4.06. The van der Waals surface area contributed by atoms with Crippen LogP contribution in [0.3, 0.4) is 0 Å². The lowest BCUT2D eigenvalue weighted by atomic mass is 10.2. The van der Waals surface area contributed by atoms with Gasteiger partial charge in [0.2, 0.25) is 0 Å². The molecule has 0 aliphatic rings. The van der Waals surface area contributed by atoms with Crippen molar-refractivity contribution in [2.24, 2.45) is 0 Å². The van der Waals surface area contributed by atoms with Crippen molar-refractivity contribution < 1.29 is 19.5 Å². The first-order valence-corrected chi connectivity index (χ1v) is 7.76. The molecule has 0 fully saturated rings. The van der Waals surface area contributed by atoms with Crippen LogP contribution < -0.4 is 9.47 Å². The number of imidazole rings is 1. The molecule has 0 aliphatic heterocycles. The van der Waals surface area contributed by atoms with Crippen LogP contribution in [0.15, 0.2) is 48.2 Å². The van der Waals surface area contributed by atoms with E-state index in [1.54, 1.807) is 18.2 Å². The average Bonchev–Trinajstić information content (AvgIpc) is 3.10. The number of rotatable bonds is 6. The fraction of sp³-hybridized carbons (Fsp3) is 0.111. The average molecular weight is 366 g/mol. The lowest BCUT2D eigenvalue weighted by Crippen LogP contribution is -2.06. The maximum Gasteiger partial charge on any atom is 0.314 e. The maximum absolute atomic E-state index is 11.2. The van der Waals surface area contributed by atoms with Gasteiger partial charge in [-0.1, -0.05) is 12.1 Å². The summed E-state index contributed by atoms with van der Waals surface area (Å²) in [5.74, 6) is 0.0220. The van der Waals surface area contributed by atoms with Crippen molar-refractivity contribution in [3.63, 3.8) is 0 Å². The number of aromatic nitrogens is 2. The van der Waals surface area contributed by atoms with Crippen LogP contribution in [0.25, 0.3) is 16.6 Å². The number of nitrogens with one attached hydrogen (secondary N) is 1. The fourth-order valence-electron chi connectivity index (χ4n) is 2.43. The summed E-state index contributed by atoms with van der Waals surface area (Å²) in [5.41, 5.74) is 0.922. The van der Waals surface area contributed by atoms with Gasteiger partial charge < -0.3 is 19.6 Å². The molecule has 0 radical (unpaired) electrons. The molecule has 3 rings (SSSR count). The van der Waals surface area contributed by atoms with E-state index in [2.05, 4.69) is 9.97 Å². The number of fused-ring (bicyclic) bond motifs is 1. The van der Waals surface area contributed by atoms with Gasteiger partial charge in [0.1, 0.15) is 24.0 Å². The SMILES string of the molecule is COc1ccc(OC/C(O)=C(\C#N)c2nc3ccccc3[nH]2)c([N+](=O)[O-])c1. The third-order valence-corrected chi connectivity index (χ3v) is 3.75. The maximum atomic E-state index is 11.2. The molecule has 136 valence electrons. The number of hydrogen-bond donors (Lipinski definition) is 2. The zero-order valence-electron chi connectivity index (χ0n) is 14.2. The van der Waals surface area contributed by atoms with Gasteiger partial charge in [-0.2, -0.15) is 5.26 Å². The topological polar surface area (TPSA) is 134 Å². The summed E-state index contributed by atoms with van der Waals surface area (Å²) in [6.45, 7) is -0.437. The molecule has 0 aliphatic carbocycles. The molecule has 0 saturated carbocycles. The van der Waals surface area contributed by atoms with Gasteiger partial charge in [-0.25, -0.2) is 4.98 Å². The minimum absolute atomic E-state index is 0.0609. The third kappa shape index (κ3) is 3.64. The van der Waals surface area contributed by atoms with Gasteiger partial charge in [0.15, 0.2) is 17.3 Å². The molecular weight excluding hydrogens is 352 g/mol. The molecule has 1 aromatic heterocycles. The van der Waals surface area contributed by atoms with Gasteiger partial charge >= 0.3 is 5.69 Å². The number of methoxy groups -OCH3 is 1. The smallest absolute Gasteiger partial charge is 0.314 e. The Balaban J connectivity index is 1.88. The standard InChI is InChI=1S/C18H14N4O5/c1-26-11-6-7-17(15(8-11)22(24)25)27-10-16(23)12(9-19)18-20-13-4-2-3-5-14(13)21-18/h2-8,23H,10H2,1H3,(H,20,21)/b16-12-. The van der Waals surface area contributed by atoms with Crippen LogP contribution in [0.4, 0.5) is 5.69 Å². The van der Waals surface area contributed by atoms with Gasteiger partial charge in [0.05, 0.1) is 29.1 Å². The summed E-state index contributed by atoms with van der Waals surface area (Å²) in [6.07, 6.45) is 0. The first-order chi connectivity index (χ1) is 13.0. The van der Waals surface area contributed by atoms with E-state index in [0.717, 1.165) is 0 Å². The van der Waals surface area contributed by atoms with Crippen LogP contribution in [-0.4, -0.2) is 33.7 Å². The number of aliphatic hydroxyl groups is 1. The molecule has 0 spiro atoms. The second kappa shape index (κ2) is 7.45. The van der Waals surface area contributed by atoms with Gasteiger partial charge in [0.25, 0.3) is 0 Å². The number of nitrogens with zero attached hydrogens (tertiary/aromatic N) is 3. The number of para-hydroxylation sites is 2. The summed E-state index contributed by atoms with van der Waals surface area (Å²) < 4.78 is 10.3. The number of allylic oxidation sites excluding steroid dienone is 1. The highest BCUT2D eigenvalue weighted by Gasteiger charge is 2.19. The molecule has 0 unspecified atom stereocenters. The Labute approximate surface area is 153 Å². The number of benzene rings is 2. The quantitative estimate of drug-likeness (QED) is 0.295. The number of H-pyrrole nitrogens is 1. The summed E-state index contributed by atoms with van der Waals surface area (Å²) in [5, 5.41) is 30.8. The highest BCUT2D eigenvalue weighted by Crippen LogP contribution is 2.31. The minimum Gasteiger partial charge on any atom is -0.507 e. The molecule has 0 atom stereocenters. The van der Waals surface area contributed by atoms with Crippen LogP contribution in [-0.2, 0) is 0 Å². The molecule has 2 aromatic carbocycles. The van der Waals surface area contributed by atoms with E-state index < -0.39 is 17.3 Å². The van der Waals surface area contributed by atoms with E-state index in [0.29, 0.717) is 16.8 Å². The predicted molar refractivity (Wildman–Crippen MR) is 96.4 cm³/mol. The molecule has 9 nitrogen and oxygen atoms in total. The zero-order valence-corrected chi connectivity index (χ0v) is 14.2. The number of nitro benzene ring substituents is 1. The van der Waals surface area contributed by atoms with Crippen LogP contribution in [0.2, 0.25) is 0 Å². The first-order valence-electron chi connectivity index (χ1n) is 7.76. The highest BCUT2D eigenvalue weighted by atomic mass is 16.6. The molecule has 0 bridgehead atoms. The van der Waals surface area contributed by atoms with Crippen LogP contribution in [0.1, 0.15) is 5.82 Å². The molecule has 2 N–H and O–H groups in total. The van der Waals surface area contributed by atoms with Crippen molar-refractivity contribution >= 4 is 22.3 Å². The summed E-state index contributed by atoms with van der Waals surface area (Å²) in [6, 6.07) is 13.1. The lowest BCUT2D eigenvalue weighted by Gasteiger charge is -2.08. The monoisotopic (exact) mass is 366 g/mol. The van der Waals surface area contributed by atoms with Gasteiger partial charge in [-0.3, -0.25) is 10.1 Å². The van der Waals surface area contributed by atoms with Gasteiger partial charge in [0, 0.05) is 0 Å². The summed E-state index contributed by atoms with van der Waals surface area (Å²) in [7, 11) is 1.39. The molecule has 1 heterocycles. The first kappa shape index (κ1) is 17.8. The number of hydrogen-bond acceptors (Lipinski definition) is 7. The molecule has 0 amide bonds. The largest absolute Gasteiger partial charge is 0.507 e. The van der Waals surface area contributed by atoms with Gasteiger partial charge in [-0.15, -0.1) is 0 Å². The molecule has 0 saturated heterocycles. The number of ether oxygens (including phenoxy) is 2. The molecule has 9 heteroatoms. The van der Waals surface area contributed by atoms with Crippen LogP contribution >= 0.6 is 0 Å². The number of nitriles is 1. The van der Waals surface area contributed by atoms with Crippen LogP contribution in [0, 0.1) is 21.4 Å². The van der Waals surface area contributed by atoms with Crippen molar-refractivity contribution in [1.82, 2.24) is 9.97 Å². The van der Waals surface area contributed by atoms with Crippen molar-refractivity contribution in [3.05, 3.63) is 64.2 Å². The summed E-state index contributed by atoms with van der Waals surface area (Å²) >= 11 is 0. The van der Waals surface area contributed by atoms with Crippen molar-refractivity contribution in [2.45, 2.75) is 0 Å². The Bertz CT molecular complexity index is 1050. The van der Waals surface area contributed by atoms with E-state index in [4.69, 9.17) is 9.47 Å². The molecule has 27 heavy (non-hydrogen) atoms. The Morgan fingerprint density at radius 2 is 2.15 bits per heavy atom. The predicted octanol–water partition coefficient (Wildman–Crippen LogP) is 3.35. The fourth-order valence-corrected chi connectivity index (χ4v) is 2.43. The zero-order chi connectivity index (χ0) is 19.4. The molecule has 3 aromatic rings. The van der Waals surface area contributed by atoms with E-state index in [1.807, 2.05) is 12.1 Å². The Kier molecular flexibility index (Phi) is 4.90. The van der Waals surface area contributed by atoms with E-state index in [9.17, 15) is 20.5 Å². The minimum atomic E-state index is -0.622. The number of aliphatic hydroxyl groups excluding tert-OH is 1. The highest BCUT2D eigenvalue weighted by molar-refractivity contribution is 5.82. The second-order valence-corrected chi connectivity index (χ2v) is 5.42. The van der Waals surface area contributed by atoms with Crippen molar-refractivity contribution in [3.8, 4) is 17.6 Å². The lowest BCUT2D eigenvalue weighted by molar-refractivity contribution is -0.385.